The van der Waals surface area contributed by atoms with E-state index < -0.39 is 6.04 Å². The van der Waals surface area contributed by atoms with Crippen LogP contribution in [0.15, 0.2) is 42.6 Å². The van der Waals surface area contributed by atoms with Crippen molar-refractivity contribution in [1.82, 2.24) is 25.1 Å². The summed E-state index contributed by atoms with van der Waals surface area (Å²) in [6.45, 7) is 5.62. The number of anilines is 3. The molecule has 0 aliphatic carbocycles. The first-order chi connectivity index (χ1) is 18.7. The number of nitrogens with one attached hydrogen (secondary N) is 3. The molecule has 1 aromatic carbocycles. The average Bonchev–Trinajstić information content (AvgIpc) is 2.93. The minimum Gasteiger partial charge on any atom is -0.369 e. The number of likely N-dealkylation sites (N-methyl/N-ethyl adjacent to an activating group) is 2. The van der Waals surface area contributed by atoms with Crippen LogP contribution in [-0.4, -0.2) is 78.4 Å². The quantitative estimate of drug-likeness (QED) is 0.205. The second-order valence-electron chi connectivity index (χ2n) is 9.19. The van der Waals surface area contributed by atoms with Gasteiger partial charge in [-0.2, -0.15) is 10.2 Å². The molecule has 39 heavy (non-hydrogen) atoms. The summed E-state index contributed by atoms with van der Waals surface area (Å²) in [6, 6.07) is 8.64. The molecular weight excluding hydrogens is 492 g/mol. The van der Waals surface area contributed by atoms with E-state index in [0.717, 1.165) is 18.7 Å². The molecule has 1 unspecified atom stereocenters. The van der Waals surface area contributed by atoms with Crippen LogP contribution in [0, 0.1) is 23.2 Å². The third kappa shape index (κ3) is 10.8. The molecule has 3 N–H and O–H groups in total. The minimum absolute atomic E-state index is 0.206. The largest absolute Gasteiger partial charge is 0.369 e. The molecule has 1 atom stereocenters. The maximum atomic E-state index is 12.4. The molecule has 10 nitrogen and oxygen atoms in total. The summed E-state index contributed by atoms with van der Waals surface area (Å²) in [4.78, 5) is 37.0. The minimum atomic E-state index is -0.577. The molecule has 1 aromatic heterocycles. The molecule has 0 aliphatic heterocycles. The normalized spacial score (nSPS) is 11.3. The Morgan fingerprint density at radius 1 is 1.21 bits per heavy atom. The van der Waals surface area contributed by atoms with Crippen molar-refractivity contribution < 1.29 is 9.59 Å². The van der Waals surface area contributed by atoms with Gasteiger partial charge >= 0.3 is 0 Å². The molecule has 2 rings (SSSR count). The van der Waals surface area contributed by atoms with E-state index in [9.17, 15) is 9.59 Å². The van der Waals surface area contributed by atoms with Gasteiger partial charge in [-0.1, -0.05) is 30.9 Å². The van der Waals surface area contributed by atoms with Crippen LogP contribution in [0.25, 0.3) is 0 Å². The van der Waals surface area contributed by atoms with Crippen LogP contribution >= 0.6 is 0 Å². The molecule has 0 radical (unpaired) electrons. The molecule has 0 spiro atoms. The van der Waals surface area contributed by atoms with Crippen molar-refractivity contribution in [2.24, 2.45) is 0 Å². The predicted molar refractivity (Wildman–Crippen MR) is 154 cm³/mol. The fourth-order valence-corrected chi connectivity index (χ4v) is 3.25. The van der Waals surface area contributed by atoms with E-state index in [4.69, 9.17) is 5.26 Å². The highest BCUT2D eigenvalue weighted by molar-refractivity contribution is 5.92. The summed E-state index contributed by atoms with van der Waals surface area (Å²) in [5, 5.41) is 18.4. The lowest BCUT2D eigenvalue weighted by Gasteiger charge is -2.23. The third-order valence-electron chi connectivity index (χ3n) is 5.62. The van der Waals surface area contributed by atoms with Gasteiger partial charge in [-0.05, 0) is 52.1 Å². The van der Waals surface area contributed by atoms with Crippen LogP contribution in [0.2, 0.25) is 0 Å². The smallest absolute Gasteiger partial charge is 0.246 e. The standard InChI is InChI=1S/C29H38N8O2/c1-6-16-31-27-24(21-33-29(35-27)34-25-14-10-12-23(19-25)20-30)13-8-7-9-17-32-28(39)22(2)37(5)26(38)15-11-18-36(3)4/h10-12,14-15,19,21-22H,6-7,9,16-18H2,1-5H3,(H,32,39)(H2,31,33,34,35). The van der Waals surface area contributed by atoms with Crippen molar-refractivity contribution in [2.75, 3.05) is 51.4 Å². The second-order valence-corrected chi connectivity index (χ2v) is 9.19. The van der Waals surface area contributed by atoms with Gasteiger partial charge in [0.1, 0.15) is 11.9 Å². The zero-order valence-electron chi connectivity index (χ0n) is 23.4. The molecule has 0 saturated carbocycles. The topological polar surface area (TPSA) is 126 Å². The van der Waals surface area contributed by atoms with Gasteiger partial charge in [-0.3, -0.25) is 9.59 Å². The maximum Gasteiger partial charge on any atom is 0.246 e. The zero-order chi connectivity index (χ0) is 28.6. The number of unbranched alkanes of at least 4 members (excludes halogenated alkanes) is 1. The number of benzene rings is 1. The maximum absolute atomic E-state index is 12.4. The van der Waals surface area contributed by atoms with E-state index in [1.165, 1.54) is 11.0 Å². The highest BCUT2D eigenvalue weighted by Gasteiger charge is 2.20. The average molecular weight is 531 g/mol. The highest BCUT2D eigenvalue weighted by atomic mass is 16.2. The van der Waals surface area contributed by atoms with Gasteiger partial charge in [0.2, 0.25) is 17.8 Å². The lowest BCUT2D eigenvalue weighted by atomic mass is 10.2. The molecule has 0 bridgehead atoms. The van der Waals surface area contributed by atoms with Crippen molar-refractivity contribution in [3.63, 3.8) is 0 Å². The Morgan fingerprint density at radius 3 is 2.72 bits per heavy atom. The fraction of sp³-hybridized carbons (Fsp3) is 0.414. The number of amides is 2. The number of nitriles is 1. The highest BCUT2D eigenvalue weighted by Crippen LogP contribution is 2.18. The molecule has 206 valence electrons. The molecule has 10 heteroatoms. The Kier molecular flexibility index (Phi) is 13.0. The van der Waals surface area contributed by atoms with Gasteiger partial charge in [-0.25, -0.2) is 4.98 Å². The van der Waals surface area contributed by atoms with Gasteiger partial charge in [0.05, 0.1) is 23.4 Å². The first-order valence-corrected chi connectivity index (χ1v) is 13.0. The lowest BCUT2D eigenvalue weighted by molar-refractivity contribution is -0.135. The monoisotopic (exact) mass is 530 g/mol. The number of carbonyl (C=O) groups is 2. The summed E-state index contributed by atoms with van der Waals surface area (Å²) in [5.74, 6) is 6.86. The van der Waals surface area contributed by atoms with Crippen molar-refractivity contribution in [1.29, 1.82) is 5.26 Å². The molecule has 0 saturated heterocycles. The number of nitrogens with zero attached hydrogens (tertiary/aromatic N) is 5. The number of hydrogen-bond donors (Lipinski definition) is 3. The van der Waals surface area contributed by atoms with E-state index in [-0.39, 0.29) is 11.8 Å². The van der Waals surface area contributed by atoms with Crippen molar-refractivity contribution >= 4 is 29.3 Å². The van der Waals surface area contributed by atoms with E-state index in [1.54, 1.807) is 44.4 Å². The molecule has 2 amide bonds. The van der Waals surface area contributed by atoms with Gasteiger partial charge in [0, 0.05) is 44.9 Å². The summed E-state index contributed by atoms with van der Waals surface area (Å²) in [7, 11) is 5.46. The second kappa shape index (κ2) is 16.4. The molecular formula is C29H38N8O2. The van der Waals surface area contributed by atoms with Gasteiger partial charge in [-0.15, -0.1) is 0 Å². The van der Waals surface area contributed by atoms with Crippen LogP contribution in [0.4, 0.5) is 17.5 Å². The van der Waals surface area contributed by atoms with E-state index >= 15 is 0 Å². The predicted octanol–water partition coefficient (Wildman–Crippen LogP) is 3.13. The van der Waals surface area contributed by atoms with Crippen molar-refractivity contribution in [3.05, 3.63) is 53.7 Å². The number of rotatable bonds is 13. The molecule has 1 heterocycles. The summed E-state index contributed by atoms with van der Waals surface area (Å²) in [6.07, 6.45) is 7.09. The van der Waals surface area contributed by atoms with E-state index in [2.05, 4.69) is 50.8 Å². The van der Waals surface area contributed by atoms with Crippen molar-refractivity contribution in [2.45, 2.75) is 39.2 Å². The summed E-state index contributed by atoms with van der Waals surface area (Å²) < 4.78 is 0. The van der Waals surface area contributed by atoms with Gasteiger partial charge in [0.15, 0.2) is 0 Å². The molecule has 2 aromatic rings. The van der Waals surface area contributed by atoms with Crippen molar-refractivity contribution in [3.8, 4) is 17.9 Å². The lowest BCUT2D eigenvalue weighted by Crippen LogP contribution is -2.45. The van der Waals surface area contributed by atoms with Gasteiger partial charge in [0.25, 0.3) is 0 Å². The van der Waals surface area contributed by atoms with Gasteiger partial charge < -0.3 is 25.8 Å². The van der Waals surface area contributed by atoms with Crippen LogP contribution in [-0.2, 0) is 9.59 Å². The Bertz CT molecular complexity index is 1240. The fourth-order valence-electron chi connectivity index (χ4n) is 3.25. The Balaban J connectivity index is 1.89. The SMILES string of the molecule is CCCNc1nc(Nc2cccc(C#N)c2)ncc1C#CCCCNC(=O)C(C)N(C)C(=O)C=CCN(C)C. The summed E-state index contributed by atoms with van der Waals surface area (Å²) >= 11 is 0. The first-order valence-electron chi connectivity index (χ1n) is 13.0. The third-order valence-corrected chi connectivity index (χ3v) is 5.62. The Hall–Kier alpha value is -4.41. The summed E-state index contributed by atoms with van der Waals surface area (Å²) in [5.41, 5.74) is 1.95. The molecule has 0 fully saturated rings. The Morgan fingerprint density at radius 2 is 2.00 bits per heavy atom. The van der Waals surface area contributed by atoms with Crippen LogP contribution in [0.1, 0.15) is 44.2 Å². The van der Waals surface area contributed by atoms with E-state index in [0.29, 0.717) is 48.8 Å². The van der Waals surface area contributed by atoms with Crippen LogP contribution in [0.5, 0.6) is 0 Å². The van der Waals surface area contributed by atoms with Crippen LogP contribution in [0.3, 0.4) is 0 Å². The number of aromatic nitrogens is 2. The number of carbonyl (C=O) groups excluding carboxylic acids is 2. The Labute approximate surface area is 231 Å². The first kappa shape index (κ1) is 30.8. The van der Waals surface area contributed by atoms with E-state index in [1.807, 2.05) is 25.1 Å². The molecule has 0 aliphatic rings. The number of hydrogen-bond acceptors (Lipinski definition) is 8. The zero-order valence-corrected chi connectivity index (χ0v) is 23.4. The van der Waals surface area contributed by atoms with Crippen LogP contribution < -0.4 is 16.0 Å².